The van der Waals surface area contributed by atoms with Crippen molar-refractivity contribution in [3.8, 4) is 0 Å². The van der Waals surface area contributed by atoms with E-state index < -0.39 is 26.6 Å². The van der Waals surface area contributed by atoms with Gasteiger partial charge in [0.2, 0.25) is 9.84 Å². The topological polar surface area (TPSA) is 98.4 Å². The third kappa shape index (κ3) is 4.08. The number of benzene rings is 1. The number of carbonyl (C=O) groups excluding carboxylic acids is 1. The molecular weight excluding hydrogens is 447 g/mol. The van der Waals surface area contributed by atoms with Crippen molar-refractivity contribution in [3.05, 3.63) is 78.0 Å². The van der Waals surface area contributed by atoms with Gasteiger partial charge in [-0.15, -0.1) is 0 Å². The van der Waals surface area contributed by atoms with E-state index in [4.69, 9.17) is 0 Å². The fourth-order valence-electron chi connectivity index (χ4n) is 3.11. The Morgan fingerprint density at radius 1 is 1.09 bits per heavy atom. The highest BCUT2D eigenvalue weighted by Gasteiger charge is 2.41. The van der Waals surface area contributed by atoms with Gasteiger partial charge < -0.3 is 9.72 Å². The molecule has 3 aromatic heterocycles. The van der Waals surface area contributed by atoms with Crippen LogP contribution in [0.15, 0.2) is 71.0 Å². The zero-order chi connectivity index (χ0) is 23.1. The molecule has 0 saturated heterocycles. The third-order valence-electron chi connectivity index (χ3n) is 4.69. The van der Waals surface area contributed by atoms with E-state index in [1.54, 1.807) is 35.1 Å². The summed E-state index contributed by atoms with van der Waals surface area (Å²) in [5, 5.41) is 5.95. The quantitative estimate of drug-likeness (QED) is 0.491. The number of carbonyl (C=O) groups is 1. The molecule has 0 unspecified atom stereocenters. The lowest BCUT2D eigenvalue weighted by Gasteiger charge is -2.09. The molecule has 32 heavy (non-hydrogen) atoms. The molecule has 166 valence electrons. The maximum atomic E-state index is 13.2. The van der Waals surface area contributed by atoms with Crippen LogP contribution in [0.3, 0.4) is 0 Å². The van der Waals surface area contributed by atoms with Gasteiger partial charge >= 0.3 is 6.18 Å². The smallest absolute Gasteiger partial charge is 0.348 e. The van der Waals surface area contributed by atoms with Gasteiger partial charge in [0.1, 0.15) is 10.5 Å². The van der Waals surface area contributed by atoms with Gasteiger partial charge in [-0.25, -0.2) is 13.4 Å². The van der Waals surface area contributed by atoms with E-state index in [2.05, 4.69) is 15.4 Å². The van der Waals surface area contributed by atoms with Crippen LogP contribution >= 0.6 is 0 Å². The number of amides is 1. The molecule has 0 aliphatic rings. The second-order valence-electron chi connectivity index (χ2n) is 6.95. The number of pyridine rings is 1. The molecule has 1 amide bonds. The number of hydrogen-bond acceptors (Lipinski definition) is 5. The van der Waals surface area contributed by atoms with Gasteiger partial charge in [-0.1, -0.05) is 12.1 Å². The predicted octanol–water partition coefficient (Wildman–Crippen LogP) is 2.85. The first kappa shape index (κ1) is 21.6. The second kappa shape index (κ2) is 7.79. The minimum absolute atomic E-state index is 0.0990. The Balaban J connectivity index is 1.50. The number of imidazole rings is 1. The van der Waals surface area contributed by atoms with Crippen molar-refractivity contribution >= 4 is 21.4 Å². The maximum Gasteiger partial charge on any atom is 0.436 e. The molecule has 0 fully saturated rings. The molecule has 0 atom stereocenters. The van der Waals surface area contributed by atoms with E-state index in [1.807, 2.05) is 0 Å². The number of nitrogens with one attached hydrogen (secondary N) is 1. The van der Waals surface area contributed by atoms with E-state index in [0.29, 0.717) is 16.8 Å². The van der Waals surface area contributed by atoms with Crippen LogP contribution < -0.4 is 5.32 Å². The first-order valence-electron chi connectivity index (χ1n) is 9.21. The van der Waals surface area contributed by atoms with Gasteiger partial charge in [0.05, 0.1) is 10.5 Å². The van der Waals surface area contributed by atoms with Crippen molar-refractivity contribution in [2.75, 3.05) is 0 Å². The summed E-state index contributed by atoms with van der Waals surface area (Å²) >= 11 is 0. The number of halogens is 3. The lowest BCUT2D eigenvalue weighted by Crippen LogP contribution is -2.23. The Bertz CT molecular complexity index is 1410. The Labute approximate surface area is 180 Å². The highest BCUT2D eigenvalue weighted by molar-refractivity contribution is 7.91. The Morgan fingerprint density at radius 2 is 1.81 bits per heavy atom. The van der Waals surface area contributed by atoms with Crippen LogP contribution in [-0.2, 0) is 29.6 Å². The third-order valence-corrected chi connectivity index (χ3v) is 6.46. The number of fused-ring (bicyclic) bond motifs is 1. The molecule has 8 nitrogen and oxygen atoms in total. The number of sulfone groups is 1. The summed E-state index contributed by atoms with van der Waals surface area (Å²) in [6.45, 7) is 0.0990. The molecule has 4 aromatic rings. The van der Waals surface area contributed by atoms with Crippen molar-refractivity contribution in [1.29, 1.82) is 0 Å². The predicted molar refractivity (Wildman–Crippen MR) is 106 cm³/mol. The van der Waals surface area contributed by atoms with Crippen LogP contribution in [0.1, 0.15) is 21.6 Å². The highest BCUT2D eigenvalue weighted by Crippen LogP contribution is 2.35. The largest absolute Gasteiger partial charge is 0.436 e. The fourth-order valence-corrected chi connectivity index (χ4v) is 4.56. The Hall–Kier alpha value is -3.67. The Morgan fingerprint density at radius 3 is 2.50 bits per heavy atom. The van der Waals surface area contributed by atoms with Crippen molar-refractivity contribution in [2.24, 2.45) is 7.05 Å². The highest BCUT2D eigenvalue weighted by atomic mass is 32.2. The van der Waals surface area contributed by atoms with Gasteiger partial charge in [-0.2, -0.15) is 18.3 Å². The molecule has 0 bridgehead atoms. The monoisotopic (exact) mass is 463 g/mol. The average Bonchev–Trinajstić information content (AvgIpc) is 3.38. The summed E-state index contributed by atoms with van der Waals surface area (Å²) in [5.74, 6) is -0.345. The van der Waals surface area contributed by atoms with Gasteiger partial charge in [0.25, 0.3) is 5.91 Å². The van der Waals surface area contributed by atoms with E-state index in [-0.39, 0.29) is 17.3 Å². The molecule has 1 aromatic carbocycles. The first-order valence-corrected chi connectivity index (χ1v) is 10.7. The normalized spacial score (nSPS) is 12.2. The van der Waals surface area contributed by atoms with Crippen LogP contribution in [0.25, 0.3) is 5.65 Å². The molecule has 0 spiro atoms. The van der Waals surface area contributed by atoms with Crippen LogP contribution in [-0.4, -0.2) is 33.5 Å². The van der Waals surface area contributed by atoms with Gasteiger partial charge in [-0.3, -0.25) is 9.48 Å². The standard InChI is InChI=1S/C20H16F3N5O3S/c1-27-12-16(18(26-27)20(21,22)23)32(30,31)15-5-2-13(3-6-15)10-25-19(29)14-4-7-17-24-8-9-28(17)11-14/h2-9,11-12H,10H2,1H3,(H,25,29). The lowest BCUT2D eigenvalue weighted by molar-refractivity contribution is -0.143. The number of nitrogens with zero attached hydrogens (tertiary/aromatic N) is 4. The van der Waals surface area contributed by atoms with E-state index >= 15 is 0 Å². The van der Waals surface area contributed by atoms with Crippen molar-refractivity contribution < 1.29 is 26.4 Å². The molecule has 0 aliphatic carbocycles. The summed E-state index contributed by atoms with van der Waals surface area (Å²) in [7, 11) is -3.22. The van der Waals surface area contributed by atoms with Crippen molar-refractivity contribution in [3.63, 3.8) is 0 Å². The molecule has 0 radical (unpaired) electrons. The number of rotatable bonds is 5. The summed E-state index contributed by atoms with van der Waals surface area (Å²) in [6.07, 6.45) is 0.851. The number of aryl methyl sites for hydroxylation is 1. The maximum absolute atomic E-state index is 13.2. The number of aromatic nitrogens is 4. The number of alkyl halides is 3. The van der Waals surface area contributed by atoms with Gasteiger partial charge in [0.15, 0.2) is 5.69 Å². The van der Waals surface area contributed by atoms with Crippen LogP contribution in [0.5, 0.6) is 0 Å². The van der Waals surface area contributed by atoms with Crippen molar-refractivity contribution in [1.82, 2.24) is 24.5 Å². The van der Waals surface area contributed by atoms with Crippen LogP contribution in [0.4, 0.5) is 13.2 Å². The van der Waals surface area contributed by atoms with Crippen LogP contribution in [0, 0.1) is 0 Å². The summed E-state index contributed by atoms with van der Waals surface area (Å²) < 4.78 is 67.5. The van der Waals surface area contributed by atoms with E-state index in [9.17, 15) is 26.4 Å². The summed E-state index contributed by atoms with van der Waals surface area (Å²) in [6, 6.07) is 8.57. The van der Waals surface area contributed by atoms with Crippen molar-refractivity contribution in [2.45, 2.75) is 22.5 Å². The van der Waals surface area contributed by atoms with E-state index in [1.165, 1.54) is 31.3 Å². The van der Waals surface area contributed by atoms with Gasteiger partial charge in [-0.05, 0) is 29.8 Å². The van der Waals surface area contributed by atoms with Gasteiger partial charge in [0, 0.05) is 38.4 Å². The summed E-state index contributed by atoms with van der Waals surface area (Å²) in [5.41, 5.74) is 0.209. The fraction of sp³-hybridized carbons (Fsp3) is 0.150. The Kier molecular flexibility index (Phi) is 5.25. The summed E-state index contributed by atoms with van der Waals surface area (Å²) in [4.78, 5) is 15.2. The average molecular weight is 463 g/mol. The molecule has 12 heteroatoms. The van der Waals surface area contributed by atoms with Crippen LogP contribution in [0.2, 0.25) is 0 Å². The minimum atomic E-state index is -4.91. The minimum Gasteiger partial charge on any atom is -0.348 e. The number of hydrogen-bond donors (Lipinski definition) is 1. The first-order chi connectivity index (χ1) is 15.1. The second-order valence-corrected chi connectivity index (χ2v) is 8.87. The van der Waals surface area contributed by atoms with E-state index in [0.717, 1.165) is 10.9 Å². The molecule has 0 saturated carbocycles. The molecule has 4 rings (SSSR count). The molecule has 1 N–H and O–H groups in total. The zero-order valence-corrected chi connectivity index (χ0v) is 17.4. The zero-order valence-electron chi connectivity index (χ0n) is 16.5. The molecular formula is C20H16F3N5O3S. The SMILES string of the molecule is Cn1cc(S(=O)(=O)c2ccc(CNC(=O)c3ccc4nccn4c3)cc2)c(C(F)(F)F)n1. The molecule has 0 aliphatic heterocycles. The lowest BCUT2D eigenvalue weighted by atomic mass is 10.2. The molecule has 3 heterocycles.